The minimum atomic E-state index is -4.45. The average Bonchev–Trinajstić information content (AvgIpc) is 2.30. The number of alkyl halides is 3. The minimum Gasteiger partial charge on any atom is -0.319 e. The Morgan fingerprint density at radius 3 is 2.29 bits per heavy atom. The Morgan fingerprint density at radius 2 is 1.81 bits per heavy atom. The van der Waals surface area contributed by atoms with Crippen LogP contribution in [0.5, 0.6) is 0 Å². The maximum absolute atomic E-state index is 12.7. The van der Waals surface area contributed by atoms with Crippen LogP contribution in [0.1, 0.15) is 25.8 Å². The molecule has 1 heterocycles. The van der Waals surface area contributed by atoms with Crippen molar-refractivity contribution in [1.82, 2.24) is 4.57 Å². The number of nitrogens with zero attached hydrogens (tertiary/aromatic N) is 1. The molecule has 21 heavy (non-hydrogen) atoms. The quantitative estimate of drug-likeness (QED) is 0.834. The van der Waals surface area contributed by atoms with Gasteiger partial charge in [0, 0.05) is 19.3 Å². The third-order valence-corrected chi connectivity index (χ3v) is 4.96. The zero-order valence-electron chi connectivity index (χ0n) is 12.1. The summed E-state index contributed by atoms with van der Waals surface area (Å²) in [6.07, 6.45) is -3.54. The lowest BCUT2D eigenvalue weighted by Gasteiger charge is -2.27. The Kier molecular flexibility index (Phi) is 4.92. The molecule has 0 aromatic carbocycles. The molecule has 0 atom stereocenters. The lowest BCUT2D eigenvalue weighted by molar-refractivity contribution is -0.211. The fraction of sp³-hybridized carbons (Fsp3) is 0.615. The molecule has 1 rings (SSSR count). The van der Waals surface area contributed by atoms with Crippen molar-refractivity contribution in [2.75, 3.05) is 5.75 Å². The van der Waals surface area contributed by atoms with Gasteiger partial charge in [0.25, 0.3) is 5.56 Å². The SMILES string of the molecule is Cn1ccc(CS(=O)(=O)CCC(C)(C)C(F)(F)F)cc1=O. The first-order valence-corrected chi connectivity index (χ1v) is 8.09. The van der Waals surface area contributed by atoms with E-state index in [1.165, 1.54) is 29.9 Å². The van der Waals surface area contributed by atoms with Gasteiger partial charge in [-0.2, -0.15) is 13.2 Å². The van der Waals surface area contributed by atoms with Crippen molar-refractivity contribution in [3.05, 3.63) is 34.2 Å². The fourth-order valence-corrected chi connectivity index (χ4v) is 3.21. The number of sulfone groups is 1. The van der Waals surface area contributed by atoms with Crippen LogP contribution in [0.4, 0.5) is 13.2 Å². The van der Waals surface area contributed by atoms with Crippen molar-refractivity contribution in [3.63, 3.8) is 0 Å². The first-order valence-electron chi connectivity index (χ1n) is 6.27. The van der Waals surface area contributed by atoms with Gasteiger partial charge in [0.1, 0.15) is 0 Å². The summed E-state index contributed by atoms with van der Waals surface area (Å²) in [6.45, 7) is 1.95. The highest BCUT2D eigenvalue weighted by molar-refractivity contribution is 7.90. The Balaban J connectivity index is 2.79. The van der Waals surface area contributed by atoms with E-state index in [-0.39, 0.29) is 11.1 Å². The standard InChI is InChI=1S/C13H18F3NO3S/c1-12(2,13(14,15)16)5-7-21(19,20)9-10-4-6-17(3)11(18)8-10/h4,6,8H,5,7,9H2,1-3H3. The van der Waals surface area contributed by atoms with Gasteiger partial charge in [-0.3, -0.25) is 4.79 Å². The van der Waals surface area contributed by atoms with E-state index in [4.69, 9.17) is 0 Å². The predicted molar refractivity (Wildman–Crippen MR) is 73.6 cm³/mol. The highest BCUT2D eigenvalue weighted by Gasteiger charge is 2.47. The third kappa shape index (κ3) is 4.87. The Morgan fingerprint density at radius 1 is 1.24 bits per heavy atom. The molecule has 0 bridgehead atoms. The van der Waals surface area contributed by atoms with E-state index in [9.17, 15) is 26.4 Å². The Labute approximate surface area is 121 Å². The molecule has 0 saturated heterocycles. The predicted octanol–water partition coefficient (Wildman–Crippen LogP) is 2.28. The summed E-state index contributed by atoms with van der Waals surface area (Å²) in [5.41, 5.74) is -2.14. The molecule has 0 unspecified atom stereocenters. The Hall–Kier alpha value is -1.31. The molecule has 0 aliphatic rings. The van der Waals surface area contributed by atoms with E-state index in [0.717, 1.165) is 13.8 Å². The normalized spacial score (nSPS) is 13.4. The summed E-state index contributed by atoms with van der Waals surface area (Å²) in [4.78, 5) is 11.4. The highest BCUT2D eigenvalue weighted by atomic mass is 32.2. The molecule has 0 amide bonds. The topological polar surface area (TPSA) is 56.1 Å². The van der Waals surface area contributed by atoms with Crippen LogP contribution in [-0.2, 0) is 22.6 Å². The summed E-state index contributed by atoms with van der Waals surface area (Å²) in [6, 6.07) is 2.64. The van der Waals surface area contributed by atoms with Gasteiger partial charge >= 0.3 is 6.18 Å². The molecule has 0 aliphatic heterocycles. The van der Waals surface area contributed by atoms with Crippen molar-refractivity contribution in [2.45, 2.75) is 32.2 Å². The Bertz CT molecular complexity index is 660. The first-order chi connectivity index (χ1) is 9.34. The molecule has 120 valence electrons. The van der Waals surface area contributed by atoms with E-state index in [1.807, 2.05) is 0 Å². The largest absolute Gasteiger partial charge is 0.394 e. The van der Waals surface area contributed by atoms with Gasteiger partial charge in [-0.25, -0.2) is 8.42 Å². The summed E-state index contributed by atoms with van der Waals surface area (Å²) in [7, 11) is -2.19. The van der Waals surface area contributed by atoms with Gasteiger partial charge in [-0.05, 0) is 18.1 Å². The lowest BCUT2D eigenvalue weighted by atomic mass is 9.90. The van der Waals surface area contributed by atoms with Crippen molar-refractivity contribution in [3.8, 4) is 0 Å². The fourth-order valence-electron chi connectivity index (χ4n) is 1.56. The minimum absolute atomic E-state index is 0.280. The molecule has 0 fully saturated rings. The molecule has 4 nitrogen and oxygen atoms in total. The van der Waals surface area contributed by atoms with E-state index in [2.05, 4.69) is 0 Å². The van der Waals surface area contributed by atoms with Gasteiger partial charge in [0.05, 0.1) is 16.9 Å². The highest BCUT2D eigenvalue weighted by Crippen LogP contribution is 2.40. The van der Waals surface area contributed by atoms with E-state index >= 15 is 0 Å². The van der Waals surface area contributed by atoms with Crippen LogP contribution in [0.2, 0.25) is 0 Å². The van der Waals surface area contributed by atoms with Gasteiger partial charge in [0.2, 0.25) is 0 Å². The molecule has 1 aromatic heterocycles. The molecule has 0 spiro atoms. The van der Waals surface area contributed by atoms with Crippen molar-refractivity contribution < 1.29 is 21.6 Å². The average molecular weight is 325 g/mol. The number of aromatic nitrogens is 1. The molecular weight excluding hydrogens is 307 g/mol. The molecule has 0 radical (unpaired) electrons. The molecule has 0 aliphatic carbocycles. The van der Waals surface area contributed by atoms with E-state index in [0.29, 0.717) is 0 Å². The second-order valence-electron chi connectivity index (χ2n) is 5.71. The molecular formula is C13H18F3NO3S. The monoisotopic (exact) mass is 325 g/mol. The first kappa shape index (κ1) is 17.7. The van der Waals surface area contributed by atoms with Gasteiger partial charge < -0.3 is 4.57 Å². The molecule has 1 aromatic rings. The number of halogens is 3. The smallest absolute Gasteiger partial charge is 0.319 e. The number of hydrogen-bond donors (Lipinski definition) is 0. The van der Waals surface area contributed by atoms with Crippen LogP contribution in [-0.4, -0.2) is 24.9 Å². The molecule has 0 N–H and O–H groups in total. The number of rotatable bonds is 5. The summed E-state index contributed by atoms with van der Waals surface area (Å²) < 4.78 is 63.1. The van der Waals surface area contributed by atoms with Crippen LogP contribution in [0, 0.1) is 5.41 Å². The van der Waals surface area contributed by atoms with Crippen LogP contribution >= 0.6 is 0 Å². The maximum atomic E-state index is 12.7. The van der Waals surface area contributed by atoms with E-state index < -0.39 is 39.4 Å². The van der Waals surface area contributed by atoms with Gasteiger partial charge in [0.15, 0.2) is 9.84 Å². The zero-order chi connectivity index (χ0) is 16.5. The third-order valence-electron chi connectivity index (χ3n) is 3.36. The molecule has 8 heteroatoms. The van der Waals surface area contributed by atoms with Gasteiger partial charge in [-0.1, -0.05) is 13.8 Å². The summed E-state index contributed by atoms with van der Waals surface area (Å²) in [5.74, 6) is -1.01. The number of aryl methyl sites for hydroxylation is 1. The van der Waals surface area contributed by atoms with Gasteiger partial charge in [-0.15, -0.1) is 0 Å². The van der Waals surface area contributed by atoms with Crippen LogP contribution in [0.15, 0.2) is 23.1 Å². The van der Waals surface area contributed by atoms with Crippen LogP contribution in [0.3, 0.4) is 0 Å². The van der Waals surface area contributed by atoms with Crippen LogP contribution in [0.25, 0.3) is 0 Å². The van der Waals surface area contributed by atoms with Crippen molar-refractivity contribution in [1.29, 1.82) is 0 Å². The number of pyridine rings is 1. The maximum Gasteiger partial charge on any atom is 0.394 e. The number of hydrogen-bond acceptors (Lipinski definition) is 3. The second-order valence-corrected chi connectivity index (χ2v) is 7.89. The summed E-state index contributed by atoms with van der Waals surface area (Å²) >= 11 is 0. The van der Waals surface area contributed by atoms with Crippen LogP contribution < -0.4 is 5.56 Å². The molecule has 0 saturated carbocycles. The van der Waals surface area contributed by atoms with Crippen molar-refractivity contribution >= 4 is 9.84 Å². The second kappa shape index (κ2) is 5.82. The zero-order valence-corrected chi connectivity index (χ0v) is 12.9. The lowest BCUT2D eigenvalue weighted by Crippen LogP contribution is -2.34. The van der Waals surface area contributed by atoms with Crippen molar-refractivity contribution in [2.24, 2.45) is 12.5 Å². The summed E-state index contributed by atoms with van der Waals surface area (Å²) in [5, 5.41) is 0. The van der Waals surface area contributed by atoms with E-state index in [1.54, 1.807) is 0 Å².